The molecule has 2 heterocycles. The zero-order valence-corrected chi connectivity index (χ0v) is 29.0. The van der Waals surface area contributed by atoms with Gasteiger partial charge in [-0.05, 0) is 75.5 Å². The molecule has 3 heteroatoms. The number of benzene rings is 7. The van der Waals surface area contributed by atoms with Crippen LogP contribution in [0.2, 0.25) is 0 Å². The first-order valence-corrected chi connectivity index (χ1v) is 17.8. The number of hydrogen-bond acceptors (Lipinski definition) is 3. The minimum Gasteiger partial charge on any atom is -0.455 e. The number of fused-ring (bicyclic) bond motifs is 5. The van der Waals surface area contributed by atoms with Gasteiger partial charge in [-0.3, -0.25) is 0 Å². The Kier molecular flexibility index (Phi) is 6.79. The first-order chi connectivity index (χ1) is 23.8. The minimum atomic E-state index is -0.213. The quantitative estimate of drug-likeness (QED) is 0.188. The summed E-state index contributed by atoms with van der Waals surface area (Å²) in [4.78, 5) is 5.04. The summed E-state index contributed by atoms with van der Waals surface area (Å²) in [6.07, 6.45) is 0. The molecule has 0 N–H and O–H groups in total. The molecule has 0 saturated carbocycles. The van der Waals surface area contributed by atoms with Crippen LogP contribution in [-0.2, 0) is 10.8 Å². The van der Waals surface area contributed by atoms with Gasteiger partial charge in [-0.1, -0.05) is 149 Å². The molecule has 238 valence electrons. The summed E-state index contributed by atoms with van der Waals surface area (Å²) in [5.74, 6) is 1.81. The van der Waals surface area contributed by atoms with Crippen molar-refractivity contribution in [2.45, 2.75) is 48.3 Å². The zero-order valence-electron chi connectivity index (χ0n) is 28.2. The Morgan fingerprint density at radius 1 is 0.510 bits per heavy atom. The largest absolute Gasteiger partial charge is 0.455 e. The molecule has 7 aromatic rings. The fraction of sp³-hybridized carbons (Fsp3) is 0.130. The van der Waals surface area contributed by atoms with Crippen molar-refractivity contribution in [2.75, 3.05) is 4.90 Å². The van der Waals surface area contributed by atoms with E-state index in [9.17, 15) is 0 Å². The number of nitrogens with zero attached hydrogens (tertiary/aromatic N) is 1. The van der Waals surface area contributed by atoms with E-state index in [1.54, 1.807) is 0 Å². The Labute approximate surface area is 293 Å². The molecule has 0 radical (unpaired) electrons. The number of ether oxygens (including phenoxy) is 1. The van der Waals surface area contributed by atoms with E-state index >= 15 is 0 Å². The van der Waals surface area contributed by atoms with Crippen molar-refractivity contribution >= 4 is 39.6 Å². The van der Waals surface area contributed by atoms with E-state index in [4.69, 9.17) is 4.74 Å². The van der Waals surface area contributed by atoms with Crippen molar-refractivity contribution in [3.05, 3.63) is 174 Å². The Hall–Kier alpha value is -5.25. The van der Waals surface area contributed by atoms with Crippen LogP contribution >= 0.6 is 11.8 Å². The molecule has 0 saturated heterocycles. The molecule has 7 aromatic carbocycles. The number of rotatable bonds is 4. The molecule has 0 unspecified atom stereocenters. The monoisotopic (exact) mass is 651 g/mol. The normalized spacial score (nSPS) is 14.9. The van der Waals surface area contributed by atoms with E-state index in [2.05, 4.69) is 184 Å². The molecule has 0 atom stereocenters. The third-order valence-corrected chi connectivity index (χ3v) is 11.8. The van der Waals surface area contributed by atoms with Crippen molar-refractivity contribution in [1.82, 2.24) is 0 Å². The lowest BCUT2D eigenvalue weighted by Crippen LogP contribution is -2.25. The van der Waals surface area contributed by atoms with Crippen LogP contribution in [0.5, 0.6) is 11.5 Å². The highest BCUT2D eigenvalue weighted by Crippen LogP contribution is 2.55. The maximum absolute atomic E-state index is 6.81. The molecule has 2 nitrogen and oxygen atoms in total. The topological polar surface area (TPSA) is 12.5 Å². The number of anilines is 3. The summed E-state index contributed by atoms with van der Waals surface area (Å²) in [5.41, 5.74) is 10.6. The maximum atomic E-state index is 6.81. The van der Waals surface area contributed by atoms with Gasteiger partial charge < -0.3 is 9.64 Å². The van der Waals surface area contributed by atoms with E-state index in [1.807, 2.05) is 11.8 Å². The van der Waals surface area contributed by atoms with Crippen LogP contribution in [0, 0.1) is 0 Å². The van der Waals surface area contributed by atoms with Gasteiger partial charge in [0.1, 0.15) is 5.75 Å². The average Bonchev–Trinajstić information content (AvgIpc) is 3.12. The van der Waals surface area contributed by atoms with E-state index < -0.39 is 0 Å². The first kappa shape index (κ1) is 29.9. The van der Waals surface area contributed by atoms with Crippen LogP contribution in [0.1, 0.15) is 49.9 Å². The summed E-state index contributed by atoms with van der Waals surface area (Å²) in [6.45, 7) is 9.29. The highest BCUT2D eigenvalue weighted by atomic mass is 32.2. The smallest absolute Gasteiger partial charge is 0.155 e. The molecule has 49 heavy (non-hydrogen) atoms. The zero-order chi connectivity index (χ0) is 33.3. The molecule has 2 aliphatic heterocycles. The van der Waals surface area contributed by atoms with Crippen LogP contribution in [0.3, 0.4) is 0 Å². The third-order valence-electron chi connectivity index (χ3n) is 10.6. The van der Waals surface area contributed by atoms with Gasteiger partial charge in [0.25, 0.3) is 0 Å². The molecular weight excluding hydrogens is 615 g/mol. The molecule has 0 aliphatic carbocycles. The SMILES string of the molecule is CC1(C)c2ccccc2Oc2c(N(c3ccc(-c4cccc5c4Sc4ccccc4C5(C)C)cc3)c3ccc4ccccc4c3)cccc21. The molecule has 0 fully saturated rings. The molecule has 0 bridgehead atoms. The first-order valence-electron chi connectivity index (χ1n) is 17.0. The fourth-order valence-electron chi connectivity index (χ4n) is 7.85. The van der Waals surface area contributed by atoms with Crippen LogP contribution < -0.4 is 9.64 Å². The van der Waals surface area contributed by atoms with Crippen LogP contribution in [0.25, 0.3) is 21.9 Å². The van der Waals surface area contributed by atoms with Crippen molar-refractivity contribution in [3.8, 4) is 22.6 Å². The summed E-state index contributed by atoms with van der Waals surface area (Å²) in [7, 11) is 0. The van der Waals surface area contributed by atoms with E-state index in [0.29, 0.717) is 0 Å². The highest BCUT2D eigenvalue weighted by molar-refractivity contribution is 7.99. The second-order valence-electron chi connectivity index (χ2n) is 14.2. The van der Waals surface area contributed by atoms with E-state index in [1.165, 1.54) is 53.9 Å². The predicted octanol–water partition coefficient (Wildman–Crippen LogP) is 13.2. The van der Waals surface area contributed by atoms with E-state index in [-0.39, 0.29) is 10.8 Å². The van der Waals surface area contributed by atoms with Gasteiger partial charge in [-0.15, -0.1) is 0 Å². The number of para-hydroxylation sites is 2. The summed E-state index contributed by atoms with van der Waals surface area (Å²) in [5, 5.41) is 2.42. The van der Waals surface area contributed by atoms with Crippen molar-refractivity contribution in [3.63, 3.8) is 0 Å². The molecule has 9 rings (SSSR count). The summed E-state index contributed by atoms with van der Waals surface area (Å²) < 4.78 is 6.81. The fourth-order valence-corrected chi connectivity index (χ4v) is 9.38. The Balaban J connectivity index is 1.19. The van der Waals surface area contributed by atoms with Gasteiger partial charge >= 0.3 is 0 Å². The Morgan fingerprint density at radius 3 is 1.98 bits per heavy atom. The lowest BCUT2D eigenvalue weighted by Gasteiger charge is -2.37. The Bertz CT molecular complexity index is 2400. The average molecular weight is 652 g/mol. The minimum absolute atomic E-state index is 0.0706. The van der Waals surface area contributed by atoms with Crippen molar-refractivity contribution in [2.24, 2.45) is 0 Å². The van der Waals surface area contributed by atoms with Gasteiger partial charge in [0.15, 0.2) is 5.75 Å². The van der Waals surface area contributed by atoms with Crippen LogP contribution in [-0.4, -0.2) is 0 Å². The third kappa shape index (κ3) is 4.71. The second kappa shape index (κ2) is 11.1. The molecular formula is C46H37NOS. The lowest BCUT2D eigenvalue weighted by molar-refractivity contribution is 0.419. The molecule has 0 amide bonds. The van der Waals surface area contributed by atoms with Gasteiger partial charge in [-0.2, -0.15) is 0 Å². The summed E-state index contributed by atoms with van der Waals surface area (Å²) >= 11 is 1.89. The maximum Gasteiger partial charge on any atom is 0.155 e. The lowest BCUT2D eigenvalue weighted by atomic mass is 9.75. The van der Waals surface area contributed by atoms with Gasteiger partial charge in [0.05, 0.1) is 5.69 Å². The molecule has 2 aliphatic rings. The van der Waals surface area contributed by atoms with Crippen molar-refractivity contribution < 1.29 is 4.74 Å². The molecule has 0 spiro atoms. The highest BCUT2D eigenvalue weighted by Gasteiger charge is 2.37. The Morgan fingerprint density at radius 2 is 1.14 bits per heavy atom. The summed E-state index contributed by atoms with van der Waals surface area (Å²) in [6, 6.07) is 55.0. The van der Waals surface area contributed by atoms with Crippen LogP contribution in [0.15, 0.2) is 161 Å². The second-order valence-corrected chi connectivity index (χ2v) is 15.2. The number of hydrogen-bond donors (Lipinski definition) is 0. The van der Waals surface area contributed by atoms with Gasteiger partial charge in [0, 0.05) is 43.1 Å². The van der Waals surface area contributed by atoms with E-state index in [0.717, 1.165) is 28.6 Å². The van der Waals surface area contributed by atoms with Gasteiger partial charge in [-0.25, -0.2) is 0 Å². The standard InChI is InChI=1S/C46H37NOS/c1-45(2)36-16-7-9-21-41(36)48-43-38(45)18-12-20-40(43)47(34-28-23-30-13-5-6-14-32(30)29-34)33-26-24-31(25-27-33)35-15-11-19-39-44(35)49-42-22-10-8-17-37(42)46(39,3)4/h5-29H,1-4H3. The van der Waals surface area contributed by atoms with Gasteiger partial charge in [0.2, 0.25) is 0 Å². The van der Waals surface area contributed by atoms with Crippen molar-refractivity contribution in [1.29, 1.82) is 0 Å². The molecule has 0 aromatic heterocycles. The predicted molar refractivity (Wildman–Crippen MR) is 205 cm³/mol. The van der Waals surface area contributed by atoms with Crippen LogP contribution in [0.4, 0.5) is 17.1 Å².